The van der Waals surface area contributed by atoms with Gasteiger partial charge in [0.1, 0.15) is 5.41 Å². The van der Waals surface area contributed by atoms with Crippen molar-refractivity contribution in [3.05, 3.63) is 28.2 Å². The van der Waals surface area contributed by atoms with Crippen LogP contribution in [0.2, 0.25) is 0 Å². The number of hydrogen-bond donors (Lipinski definition) is 3. The quantitative estimate of drug-likeness (QED) is 0.775. The van der Waals surface area contributed by atoms with Crippen LogP contribution in [0.4, 0.5) is 10.5 Å². The van der Waals surface area contributed by atoms with E-state index in [9.17, 15) is 14.7 Å². The molecule has 3 N–H and O–H groups in total. The standard InChI is InChI=1S/C14H17BrN2O4/c1-8-4-3-5-9(11(8)15)16-13(20)17-10-6-21-7-14(10,2)12(18)19/h3-5,10H,6-7H2,1-2H3,(H,18,19)(H2,16,17,20). The van der Waals surface area contributed by atoms with E-state index in [1.165, 1.54) is 0 Å². The second-order valence-corrected chi connectivity index (χ2v) is 6.12. The van der Waals surface area contributed by atoms with Crippen molar-refractivity contribution >= 4 is 33.6 Å². The third kappa shape index (κ3) is 3.19. The molecule has 2 amide bonds. The number of benzene rings is 1. The summed E-state index contributed by atoms with van der Waals surface area (Å²) in [6, 6.07) is 4.48. The third-order valence-electron chi connectivity index (χ3n) is 3.69. The fraction of sp³-hybridized carbons (Fsp3) is 0.429. The maximum absolute atomic E-state index is 12.1. The van der Waals surface area contributed by atoms with E-state index >= 15 is 0 Å². The molecule has 2 rings (SSSR count). The number of hydrogen-bond acceptors (Lipinski definition) is 3. The Morgan fingerprint density at radius 3 is 2.86 bits per heavy atom. The number of aryl methyl sites for hydroxylation is 1. The van der Waals surface area contributed by atoms with Gasteiger partial charge in [0.2, 0.25) is 0 Å². The molecule has 2 unspecified atom stereocenters. The van der Waals surface area contributed by atoms with Crippen molar-refractivity contribution in [3.63, 3.8) is 0 Å². The number of halogens is 1. The molecule has 21 heavy (non-hydrogen) atoms. The second kappa shape index (κ2) is 6.03. The summed E-state index contributed by atoms with van der Waals surface area (Å²) in [4.78, 5) is 23.4. The normalized spacial score (nSPS) is 24.6. The summed E-state index contributed by atoms with van der Waals surface area (Å²) in [7, 11) is 0. The van der Waals surface area contributed by atoms with Crippen LogP contribution in [-0.2, 0) is 9.53 Å². The van der Waals surface area contributed by atoms with Gasteiger partial charge in [-0.25, -0.2) is 4.79 Å². The van der Waals surface area contributed by atoms with E-state index in [0.29, 0.717) is 5.69 Å². The molecule has 114 valence electrons. The highest BCUT2D eigenvalue weighted by atomic mass is 79.9. The monoisotopic (exact) mass is 356 g/mol. The SMILES string of the molecule is Cc1cccc(NC(=O)NC2COCC2(C)C(=O)O)c1Br. The highest BCUT2D eigenvalue weighted by molar-refractivity contribution is 9.10. The van der Waals surface area contributed by atoms with E-state index in [-0.39, 0.29) is 13.2 Å². The van der Waals surface area contributed by atoms with Gasteiger partial charge < -0.3 is 20.5 Å². The minimum Gasteiger partial charge on any atom is -0.481 e. The molecule has 0 bridgehead atoms. The maximum atomic E-state index is 12.1. The van der Waals surface area contributed by atoms with Crippen LogP contribution in [0.15, 0.2) is 22.7 Å². The Bertz CT molecular complexity index is 578. The fourth-order valence-corrected chi connectivity index (χ4v) is 2.51. The van der Waals surface area contributed by atoms with E-state index < -0.39 is 23.5 Å². The largest absolute Gasteiger partial charge is 0.481 e. The highest BCUT2D eigenvalue weighted by Gasteiger charge is 2.47. The number of ether oxygens (including phenoxy) is 1. The number of carbonyl (C=O) groups excluding carboxylic acids is 1. The topological polar surface area (TPSA) is 87.7 Å². The average Bonchev–Trinajstić information content (AvgIpc) is 2.78. The first-order chi connectivity index (χ1) is 9.84. The molecule has 1 heterocycles. The lowest BCUT2D eigenvalue weighted by Crippen LogP contribution is -2.50. The van der Waals surface area contributed by atoms with Gasteiger partial charge in [-0.3, -0.25) is 4.79 Å². The zero-order valence-corrected chi connectivity index (χ0v) is 13.4. The molecular weight excluding hydrogens is 340 g/mol. The number of amides is 2. The van der Waals surface area contributed by atoms with Gasteiger partial charge in [-0.2, -0.15) is 0 Å². The van der Waals surface area contributed by atoms with Crippen LogP contribution < -0.4 is 10.6 Å². The summed E-state index contributed by atoms with van der Waals surface area (Å²) >= 11 is 3.41. The Morgan fingerprint density at radius 1 is 1.48 bits per heavy atom. The molecule has 7 heteroatoms. The van der Waals surface area contributed by atoms with Crippen molar-refractivity contribution in [2.45, 2.75) is 19.9 Å². The van der Waals surface area contributed by atoms with E-state index in [1.807, 2.05) is 19.1 Å². The Hall–Kier alpha value is -1.60. The number of aliphatic carboxylic acids is 1. The molecule has 1 aliphatic heterocycles. The molecule has 6 nitrogen and oxygen atoms in total. The number of carbonyl (C=O) groups is 2. The van der Waals surface area contributed by atoms with Gasteiger partial charge in [0.15, 0.2) is 0 Å². The predicted molar refractivity (Wildman–Crippen MR) is 81.4 cm³/mol. The minimum absolute atomic E-state index is 0.0847. The summed E-state index contributed by atoms with van der Waals surface area (Å²) < 4.78 is 5.99. The molecule has 0 spiro atoms. The van der Waals surface area contributed by atoms with Crippen molar-refractivity contribution in [2.75, 3.05) is 18.5 Å². The Kier molecular flexibility index (Phi) is 4.53. The molecule has 0 saturated carbocycles. The number of urea groups is 1. The molecule has 2 atom stereocenters. The maximum Gasteiger partial charge on any atom is 0.319 e. The Balaban J connectivity index is 2.05. The Morgan fingerprint density at radius 2 is 2.19 bits per heavy atom. The van der Waals surface area contributed by atoms with E-state index in [1.54, 1.807) is 13.0 Å². The van der Waals surface area contributed by atoms with Crippen LogP contribution in [0, 0.1) is 12.3 Å². The van der Waals surface area contributed by atoms with Gasteiger partial charge in [-0.05, 0) is 41.4 Å². The van der Waals surface area contributed by atoms with Crippen LogP contribution in [0.1, 0.15) is 12.5 Å². The van der Waals surface area contributed by atoms with Crippen molar-refractivity contribution < 1.29 is 19.4 Å². The number of anilines is 1. The van der Waals surface area contributed by atoms with Crippen molar-refractivity contribution in [3.8, 4) is 0 Å². The average molecular weight is 357 g/mol. The van der Waals surface area contributed by atoms with Crippen LogP contribution in [0.5, 0.6) is 0 Å². The first kappa shape index (κ1) is 15.8. The van der Waals surface area contributed by atoms with Crippen molar-refractivity contribution in [2.24, 2.45) is 5.41 Å². The fourth-order valence-electron chi connectivity index (χ4n) is 2.15. The van der Waals surface area contributed by atoms with Crippen LogP contribution in [0.25, 0.3) is 0 Å². The van der Waals surface area contributed by atoms with Gasteiger partial charge in [0.25, 0.3) is 0 Å². The zero-order valence-electron chi connectivity index (χ0n) is 11.8. The summed E-state index contributed by atoms with van der Waals surface area (Å²) in [6.45, 7) is 3.75. The molecule has 0 aromatic heterocycles. The lowest BCUT2D eigenvalue weighted by Gasteiger charge is -2.25. The molecule has 1 saturated heterocycles. The summed E-state index contributed by atoms with van der Waals surface area (Å²) in [5.41, 5.74) is 0.511. The van der Waals surface area contributed by atoms with Gasteiger partial charge >= 0.3 is 12.0 Å². The molecule has 1 aliphatic rings. The highest BCUT2D eigenvalue weighted by Crippen LogP contribution is 2.29. The summed E-state index contributed by atoms with van der Waals surface area (Å²) in [5.74, 6) is -0.984. The number of carboxylic acid groups (broad SMARTS) is 1. The smallest absolute Gasteiger partial charge is 0.319 e. The van der Waals surface area contributed by atoms with Crippen molar-refractivity contribution in [1.29, 1.82) is 0 Å². The van der Waals surface area contributed by atoms with E-state index in [2.05, 4.69) is 26.6 Å². The molecule has 1 aromatic rings. The second-order valence-electron chi connectivity index (χ2n) is 5.33. The molecule has 0 radical (unpaired) electrons. The van der Waals surface area contributed by atoms with Gasteiger partial charge in [0, 0.05) is 4.47 Å². The lowest BCUT2D eigenvalue weighted by atomic mass is 9.85. The third-order valence-corrected chi connectivity index (χ3v) is 4.74. The number of rotatable bonds is 3. The summed E-state index contributed by atoms with van der Waals surface area (Å²) in [6.07, 6.45) is 0. The van der Waals surface area contributed by atoms with Crippen molar-refractivity contribution in [1.82, 2.24) is 5.32 Å². The first-order valence-electron chi connectivity index (χ1n) is 6.48. The van der Waals surface area contributed by atoms with Gasteiger partial charge in [-0.1, -0.05) is 12.1 Å². The number of carboxylic acids is 1. The molecule has 1 fully saturated rings. The van der Waals surface area contributed by atoms with Crippen LogP contribution in [0.3, 0.4) is 0 Å². The van der Waals surface area contributed by atoms with Gasteiger partial charge in [0.05, 0.1) is 24.9 Å². The van der Waals surface area contributed by atoms with Gasteiger partial charge in [-0.15, -0.1) is 0 Å². The van der Waals surface area contributed by atoms with E-state index in [0.717, 1.165) is 10.0 Å². The molecule has 0 aliphatic carbocycles. The molecule has 1 aromatic carbocycles. The lowest BCUT2D eigenvalue weighted by molar-refractivity contribution is -0.148. The minimum atomic E-state index is -1.11. The zero-order chi connectivity index (χ0) is 15.6. The van der Waals surface area contributed by atoms with E-state index in [4.69, 9.17) is 4.74 Å². The van der Waals surface area contributed by atoms with Crippen LogP contribution in [-0.4, -0.2) is 36.4 Å². The number of nitrogens with one attached hydrogen (secondary N) is 2. The molecular formula is C14H17BrN2O4. The predicted octanol–water partition coefficient (Wildman–Crippen LogP) is 2.37. The summed E-state index contributed by atoms with van der Waals surface area (Å²) in [5, 5.41) is 14.6. The first-order valence-corrected chi connectivity index (χ1v) is 7.27. The van der Waals surface area contributed by atoms with Crippen LogP contribution >= 0.6 is 15.9 Å². The Labute approximate surface area is 131 Å².